The van der Waals surface area contributed by atoms with Crippen molar-refractivity contribution in [3.63, 3.8) is 0 Å². The zero-order valence-electron chi connectivity index (χ0n) is 9.72. The van der Waals surface area contributed by atoms with E-state index in [0.29, 0.717) is 19.2 Å². The van der Waals surface area contributed by atoms with Crippen molar-refractivity contribution in [1.29, 1.82) is 0 Å². The first kappa shape index (κ1) is 13.9. The lowest BCUT2D eigenvalue weighted by molar-refractivity contribution is 0.0318. The Morgan fingerprint density at radius 3 is 2.56 bits per heavy atom. The quantitative estimate of drug-likeness (QED) is 0.400. The van der Waals surface area contributed by atoms with Crippen LogP contribution in [0.3, 0.4) is 0 Å². The fraction of sp³-hybridized carbons (Fsp3) is 0.500. The van der Waals surface area contributed by atoms with E-state index >= 15 is 0 Å². The molecule has 0 aliphatic carbocycles. The lowest BCUT2D eigenvalue weighted by Crippen LogP contribution is -2.09. The van der Waals surface area contributed by atoms with Crippen LogP contribution in [-0.2, 0) is 9.47 Å². The Bertz CT molecular complexity index is 265. The summed E-state index contributed by atoms with van der Waals surface area (Å²) < 4.78 is 10.8. The van der Waals surface area contributed by atoms with Crippen molar-refractivity contribution in [1.82, 2.24) is 0 Å². The standard InChI is InChI=1S/C12H18O2S2/c1-11(2)14-9-8-13-10-15-16-12-6-4-3-5-7-12/h3-7,11H,8-10H2,1-2H3. The summed E-state index contributed by atoms with van der Waals surface area (Å²) in [4.78, 5) is 1.26. The molecular weight excluding hydrogens is 240 g/mol. The minimum Gasteiger partial charge on any atom is -0.376 e. The SMILES string of the molecule is CC(C)OCCOCSSc1ccccc1. The molecule has 1 aromatic carbocycles. The third-order valence-electron chi connectivity index (χ3n) is 1.71. The molecule has 0 radical (unpaired) electrons. The van der Waals surface area contributed by atoms with E-state index in [0.717, 1.165) is 0 Å². The average Bonchev–Trinajstić information content (AvgIpc) is 2.29. The molecular formula is C12H18O2S2. The smallest absolute Gasteiger partial charge is 0.103 e. The van der Waals surface area contributed by atoms with Gasteiger partial charge in [-0.15, -0.1) is 0 Å². The second-order valence-corrected chi connectivity index (χ2v) is 5.78. The normalized spacial score (nSPS) is 10.9. The minimum atomic E-state index is 0.287. The van der Waals surface area contributed by atoms with Crippen molar-refractivity contribution in [2.24, 2.45) is 0 Å². The van der Waals surface area contributed by atoms with Crippen LogP contribution in [0, 0.1) is 0 Å². The topological polar surface area (TPSA) is 18.5 Å². The van der Waals surface area contributed by atoms with E-state index in [1.165, 1.54) is 4.90 Å². The maximum atomic E-state index is 5.42. The summed E-state index contributed by atoms with van der Waals surface area (Å²) >= 11 is 0. The van der Waals surface area contributed by atoms with Crippen LogP contribution in [-0.4, -0.2) is 25.3 Å². The minimum absolute atomic E-state index is 0.287. The first-order valence-corrected chi connectivity index (χ1v) is 7.65. The number of rotatable bonds is 8. The Morgan fingerprint density at radius 1 is 1.12 bits per heavy atom. The largest absolute Gasteiger partial charge is 0.376 e. The molecule has 0 heterocycles. The molecule has 1 aromatic rings. The molecule has 16 heavy (non-hydrogen) atoms. The van der Waals surface area contributed by atoms with Crippen molar-refractivity contribution in [3.8, 4) is 0 Å². The van der Waals surface area contributed by atoms with Crippen LogP contribution in [0.5, 0.6) is 0 Å². The second-order valence-electron chi connectivity index (χ2n) is 3.46. The summed E-state index contributed by atoms with van der Waals surface area (Å²) in [7, 11) is 3.44. The van der Waals surface area contributed by atoms with Crippen LogP contribution in [0.1, 0.15) is 13.8 Å². The summed E-state index contributed by atoms with van der Waals surface area (Å²) in [5.74, 6) is 0.695. The number of hydrogen-bond acceptors (Lipinski definition) is 4. The molecule has 0 atom stereocenters. The van der Waals surface area contributed by atoms with Crippen molar-refractivity contribution >= 4 is 21.6 Å². The Morgan fingerprint density at radius 2 is 1.88 bits per heavy atom. The van der Waals surface area contributed by atoms with Crippen molar-refractivity contribution < 1.29 is 9.47 Å². The van der Waals surface area contributed by atoms with E-state index in [2.05, 4.69) is 12.1 Å². The molecule has 1 rings (SSSR count). The van der Waals surface area contributed by atoms with Gasteiger partial charge in [0, 0.05) is 4.90 Å². The molecule has 90 valence electrons. The Balaban J connectivity index is 1.93. The predicted octanol–water partition coefficient (Wildman–Crippen LogP) is 3.83. The molecule has 0 saturated heterocycles. The van der Waals surface area contributed by atoms with Crippen molar-refractivity contribution in [2.45, 2.75) is 24.8 Å². The van der Waals surface area contributed by atoms with Crippen LogP contribution in [0.4, 0.5) is 0 Å². The van der Waals surface area contributed by atoms with Gasteiger partial charge in [-0.1, -0.05) is 39.8 Å². The number of hydrogen-bond donors (Lipinski definition) is 0. The monoisotopic (exact) mass is 258 g/mol. The first-order valence-electron chi connectivity index (χ1n) is 5.33. The van der Waals surface area contributed by atoms with Gasteiger partial charge in [-0.05, 0) is 26.0 Å². The highest BCUT2D eigenvalue weighted by atomic mass is 33.1. The van der Waals surface area contributed by atoms with E-state index in [9.17, 15) is 0 Å². The van der Waals surface area contributed by atoms with Gasteiger partial charge < -0.3 is 9.47 Å². The zero-order chi connectivity index (χ0) is 11.6. The van der Waals surface area contributed by atoms with Gasteiger partial charge in [0.1, 0.15) is 5.94 Å². The molecule has 0 N–H and O–H groups in total. The van der Waals surface area contributed by atoms with Gasteiger partial charge in [-0.2, -0.15) is 0 Å². The second kappa shape index (κ2) is 8.93. The third-order valence-corrected chi connectivity index (χ3v) is 3.77. The molecule has 0 bridgehead atoms. The zero-order valence-corrected chi connectivity index (χ0v) is 11.4. The molecule has 0 saturated carbocycles. The van der Waals surface area contributed by atoms with Gasteiger partial charge in [0.2, 0.25) is 0 Å². The molecule has 0 amide bonds. The highest BCUT2D eigenvalue weighted by molar-refractivity contribution is 8.76. The van der Waals surface area contributed by atoms with Crippen LogP contribution in [0.2, 0.25) is 0 Å². The lowest BCUT2D eigenvalue weighted by Gasteiger charge is -2.07. The van der Waals surface area contributed by atoms with Crippen molar-refractivity contribution in [3.05, 3.63) is 30.3 Å². The number of benzene rings is 1. The lowest BCUT2D eigenvalue weighted by atomic mass is 10.4. The molecule has 0 fully saturated rings. The van der Waals surface area contributed by atoms with Crippen LogP contribution in [0.15, 0.2) is 35.2 Å². The van der Waals surface area contributed by atoms with Gasteiger partial charge in [0.25, 0.3) is 0 Å². The molecule has 0 unspecified atom stereocenters. The van der Waals surface area contributed by atoms with Gasteiger partial charge in [-0.3, -0.25) is 0 Å². The summed E-state index contributed by atoms with van der Waals surface area (Å²) in [6, 6.07) is 10.3. The predicted molar refractivity (Wildman–Crippen MR) is 71.8 cm³/mol. The Hall–Kier alpha value is -0.160. The van der Waals surface area contributed by atoms with E-state index < -0.39 is 0 Å². The van der Waals surface area contributed by atoms with Gasteiger partial charge in [0.15, 0.2) is 0 Å². The molecule has 0 aliphatic heterocycles. The summed E-state index contributed by atoms with van der Waals surface area (Å²) in [5, 5.41) is 0. The number of ether oxygens (including phenoxy) is 2. The van der Waals surface area contributed by atoms with E-state index in [4.69, 9.17) is 9.47 Å². The molecule has 0 aliphatic rings. The summed E-state index contributed by atoms with van der Waals surface area (Å²) in [5.41, 5.74) is 0. The molecule has 2 nitrogen and oxygen atoms in total. The molecule has 4 heteroatoms. The van der Waals surface area contributed by atoms with E-state index in [-0.39, 0.29) is 6.10 Å². The first-order chi connectivity index (χ1) is 7.79. The van der Waals surface area contributed by atoms with Gasteiger partial charge in [-0.25, -0.2) is 0 Å². The van der Waals surface area contributed by atoms with E-state index in [1.807, 2.05) is 32.0 Å². The highest BCUT2D eigenvalue weighted by Gasteiger charge is 1.95. The maximum Gasteiger partial charge on any atom is 0.103 e. The Kier molecular flexibility index (Phi) is 7.76. The molecule has 0 spiro atoms. The van der Waals surface area contributed by atoms with E-state index in [1.54, 1.807) is 21.6 Å². The Labute approximate surface area is 105 Å². The maximum absolute atomic E-state index is 5.42. The van der Waals surface area contributed by atoms with Gasteiger partial charge >= 0.3 is 0 Å². The van der Waals surface area contributed by atoms with Crippen molar-refractivity contribution in [2.75, 3.05) is 19.2 Å². The highest BCUT2D eigenvalue weighted by Crippen LogP contribution is 2.30. The third kappa shape index (κ3) is 7.17. The fourth-order valence-corrected chi connectivity index (χ4v) is 2.73. The summed E-state index contributed by atoms with van der Waals surface area (Å²) in [6.45, 7) is 5.40. The van der Waals surface area contributed by atoms with Gasteiger partial charge in [0.05, 0.1) is 19.3 Å². The van der Waals surface area contributed by atoms with Crippen LogP contribution in [0.25, 0.3) is 0 Å². The summed E-state index contributed by atoms with van der Waals surface area (Å²) in [6.07, 6.45) is 0.287. The average molecular weight is 258 g/mol. The fourth-order valence-electron chi connectivity index (χ4n) is 1.00. The van der Waals surface area contributed by atoms with Crippen LogP contribution < -0.4 is 0 Å². The molecule has 0 aromatic heterocycles. The van der Waals surface area contributed by atoms with Crippen LogP contribution >= 0.6 is 21.6 Å².